The third kappa shape index (κ3) is 3.78. The molecule has 0 radical (unpaired) electrons. The van der Waals surface area contributed by atoms with Gasteiger partial charge in [-0.15, -0.1) is 0 Å². The van der Waals surface area contributed by atoms with Crippen LogP contribution in [0.3, 0.4) is 0 Å². The molecule has 0 bridgehead atoms. The summed E-state index contributed by atoms with van der Waals surface area (Å²) < 4.78 is 0. The van der Waals surface area contributed by atoms with Gasteiger partial charge in [-0.3, -0.25) is 4.79 Å². The van der Waals surface area contributed by atoms with E-state index in [1.807, 2.05) is 12.1 Å². The Labute approximate surface area is 127 Å². The van der Waals surface area contributed by atoms with Crippen molar-refractivity contribution in [2.75, 3.05) is 17.2 Å². The fourth-order valence-corrected chi connectivity index (χ4v) is 3.65. The first kappa shape index (κ1) is 14.4. The average Bonchev–Trinajstić information content (AvgIpc) is 2.76. The van der Waals surface area contributed by atoms with Gasteiger partial charge in [0.15, 0.2) is 0 Å². The van der Waals surface area contributed by atoms with E-state index in [2.05, 4.69) is 16.7 Å². The van der Waals surface area contributed by atoms with E-state index in [1.54, 1.807) is 0 Å². The molecule has 0 saturated heterocycles. The molecule has 3 heteroatoms. The van der Waals surface area contributed by atoms with Crippen LogP contribution in [0.4, 0.5) is 11.4 Å². The van der Waals surface area contributed by atoms with Crippen molar-refractivity contribution in [3.05, 3.63) is 23.8 Å². The van der Waals surface area contributed by atoms with Gasteiger partial charge in [-0.05, 0) is 43.2 Å². The van der Waals surface area contributed by atoms with Crippen LogP contribution in [-0.2, 0) is 11.2 Å². The lowest BCUT2D eigenvalue weighted by atomic mass is 9.96. The maximum absolute atomic E-state index is 12.3. The molecule has 0 aromatic heterocycles. The van der Waals surface area contributed by atoms with Crippen molar-refractivity contribution in [1.29, 1.82) is 0 Å². The Hall–Kier alpha value is -1.51. The first-order valence-corrected chi connectivity index (χ1v) is 8.48. The molecule has 1 aromatic rings. The summed E-state index contributed by atoms with van der Waals surface area (Å²) in [5.41, 5.74) is 3.43. The number of aryl methyl sites for hydroxylation is 1. The van der Waals surface area contributed by atoms with Crippen LogP contribution < -0.4 is 10.6 Å². The third-order valence-corrected chi connectivity index (χ3v) is 4.80. The number of hydrogen-bond acceptors (Lipinski definition) is 2. The van der Waals surface area contributed by atoms with Crippen molar-refractivity contribution < 1.29 is 4.79 Å². The van der Waals surface area contributed by atoms with Gasteiger partial charge in [-0.1, -0.05) is 37.8 Å². The lowest BCUT2D eigenvalue weighted by Crippen LogP contribution is -2.19. The molecule has 114 valence electrons. The number of amides is 1. The Morgan fingerprint density at radius 3 is 2.76 bits per heavy atom. The van der Waals surface area contributed by atoms with Crippen molar-refractivity contribution in [3.8, 4) is 0 Å². The highest BCUT2D eigenvalue weighted by Crippen LogP contribution is 2.31. The molecule has 3 rings (SSSR count). The molecule has 1 saturated carbocycles. The molecule has 1 aromatic carbocycles. The van der Waals surface area contributed by atoms with Crippen LogP contribution in [-0.4, -0.2) is 12.5 Å². The molecule has 2 N–H and O–H groups in total. The SMILES string of the molecule is O=C(CC1CCCCCC1)Nc1cccc2c1NCCC2. The maximum Gasteiger partial charge on any atom is 0.224 e. The second-order valence-corrected chi connectivity index (χ2v) is 6.48. The molecule has 0 unspecified atom stereocenters. The number of benzene rings is 1. The predicted octanol–water partition coefficient (Wildman–Crippen LogP) is 4.34. The zero-order valence-corrected chi connectivity index (χ0v) is 12.8. The molecule has 1 aliphatic heterocycles. The van der Waals surface area contributed by atoms with Crippen molar-refractivity contribution in [2.24, 2.45) is 5.92 Å². The molecule has 2 aliphatic rings. The lowest BCUT2D eigenvalue weighted by molar-refractivity contribution is -0.117. The maximum atomic E-state index is 12.3. The Balaban J connectivity index is 1.62. The van der Waals surface area contributed by atoms with Gasteiger partial charge in [0.2, 0.25) is 5.91 Å². The van der Waals surface area contributed by atoms with Gasteiger partial charge < -0.3 is 10.6 Å². The first-order chi connectivity index (χ1) is 10.3. The number of carbonyl (C=O) groups excluding carboxylic acids is 1. The van der Waals surface area contributed by atoms with Crippen molar-refractivity contribution in [1.82, 2.24) is 0 Å². The van der Waals surface area contributed by atoms with E-state index in [1.165, 1.54) is 50.5 Å². The number of hydrogen-bond donors (Lipinski definition) is 2. The van der Waals surface area contributed by atoms with E-state index in [-0.39, 0.29) is 5.91 Å². The van der Waals surface area contributed by atoms with Crippen LogP contribution in [0.5, 0.6) is 0 Å². The van der Waals surface area contributed by atoms with E-state index < -0.39 is 0 Å². The van der Waals surface area contributed by atoms with Crippen LogP contribution in [0.25, 0.3) is 0 Å². The molecule has 1 amide bonds. The lowest BCUT2D eigenvalue weighted by Gasteiger charge is -2.22. The van der Waals surface area contributed by atoms with Gasteiger partial charge in [0.05, 0.1) is 11.4 Å². The number of fused-ring (bicyclic) bond motifs is 1. The number of nitrogens with one attached hydrogen (secondary N) is 2. The Morgan fingerprint density at radius 1 is 1.14 bits per heavy atom. The summed E-state index contributed by atoms with van der Waals surface area (Å²) in [6, 6.07) is 6.22. The second-order valence-electron chi connectivity index (χ2n) is 6.48. The summed E-state index contributed by atoms with van der Waals surface area (Å²) in [4.78, 5) is 12.3. The Morgan fingerprint density at radius 2 is 1.95 bits per heavy atom. The van der Waals surface area contributed by atoms with E-state index in [4.69, 9.17) is 0 Å². The zero-order chi connectivity index (χ0) is 14.5. The van der Waals surface area contributed by atoms with Crippen LogP contribution in [0, 0.1) is 5.92 Å². The van der Waals surface area contributed by atoms with E-state index >= 15 is 0 Å². The summed E-state index contributed by atoms with van der Waals surface area (Å²) in [6.45, 7) is 1.00. The quantitative estimate of drug-likeness (QED) is 0.811. The molecule has 1 fully saturated rings. The molecule has 1 aliphatic carbocycles. The number of carbonyl (C=O) groups is 1. The molecular formula is C18H26N2O. The van der Waals surface area contributed by atoms with Gasteiger partial charge in [0.1, 0.15) is 0 Å². The molecule has 3 nitrogen and oxygen atoms in total. The van der Waals surface area contributed by atoms with Crippen LogP contribution in [0.15, 0.2) is 18.2 Å². The fourth-order valence-electron chi connectivity index (χ4n) is 3.65. The first-order valence-electron chi connectivity index (χ1n) is 8.48. The van der Waals surface area contributed by atoms with Gasteiger partial charge in [-0.25, -0.2) is 0 Å². The smallest absolute Gasteiger partial charge is 0.224 e. The highest BCUT2D eigenvalue weighted by atomic mass is 16.1. The van der Waals surface area contributed by atoms with E-state index in [0.29, 0.717) is 12.3 Å². The Bertz CT molecular complexity index is 490. The molecule has 21 heavy (non-hydrogen) atoms. The minimum atomic E-state index is 0.183. The zero-order valence-electron chi connectivity index (χ0n) is 12.8. The number of para-hydroxylation sites is 1. The second kappa shape index (κ2) is 6.97. The van der Waals surface area contributed by atoms with Gasteiger partial charge in [-0.2, -0.15) is 0 Å². The van der Waals surface area contributed by atoms with Gasteiger partial charge in [0, 0.05) is 13.0 Å². The van der Waals surface area contributed by atoms with Crippen molar-refractivity contribution >= 4 is 17.3 Å². The van der Waals surface area contributed by atoms with Crippen LogP contribution >= 0.6 is 0 Å². The van der Waals surface area contributed by atoms with Crippen molar-refractivity contribution in [2.45, 2.75) is 57.8 Å². The molecular weight excluding hydrogens is 260 g/mol. The standard InChI is InChI=1S/C18H26N2O/c21-17(13-14-7-3-1-2-4-8-14)20-16-11-5-9-15-10-6-12-19-18(15)16/h5,9,11,14,19H,1-4,6-8,10,12-13H2,(H,20,21). The average molecular weight is 286 g/mol. The summed E-state index contributed by atoms with van der Waals surface area (Å²) in [7, 11) is 0. The normalized spacial score (nSPS) is 19.2. The van der Waals surface area contributed by atoms with Crippen LogP contribution in [0.1, 0.15) is 56.9 Å². The highest BCUT2D eigenvalue weighted by Gasteiger charge is 2.18. The van der Waals surface area contributed by atoms with E-state index in [9.17, 15) is 4.79 Å². The summed E-state index contributed by atoms with van der Waals surface area (Å²) in [5.74, 6) is 0.766. The number of anilines is 2. The summed E-state index contributed by atoms with van der Waals surface area (Å²) in [5, 5.41) is 6.57. The topological polar surface area (TPSA) is 41.1 Å². The van der Waals surface area contributed by atoms with Gasteiger partial charge in [0.25, 0.3) is 0 Å². The highest BCUT2D eigenvalue weighted by molar-refractivity contribution is 5.95. The van der Waals surface area contributed by atoms with Gasteiger partial charge >= 0.3 is 0 Å². The molecule has 1 heterocycles. The molecule has 0 spiro atoms. The van der Waals surface area contributed by atoms with Crippen molar-refractivity contribution in [3.63, 3.8) is 0 Å². The molecule has 0 atom stereocenters. The van der Waals surface area contributed by atoms with Crippen LogP contribution in [0.2, 0.25) is 0 Å². The monoisotopic (exact) mass is 286 g/mol. The minimum Gasteiger partial charge on any atom is -0.383 e. The number of rotatable bonds is 3. The predicted molar refractivity (Wildman–Crippen MR) is 87.7 cm³/mol. The minimum absolute atomic E-state index is 0.183. The van der Waals surface area contributed by atoms with E-state index in [0.717, 1.165) is 24.3 Å². The largest absolute Gasteiger partial charge is 0.383 e. The summed E-state index contributed by atoms with van der Waals surface area (Å²) in [6.07, 6.45) is 10.7. The fraction of sp³-hybridized carbons (Fsp3) is 0.611. The third-order valence-electron chi connectivity index (χ3n) is 4.80. The summed E-state index contributed by atoms with van der Waals surface area (Å²) >= 11 is 0. The Kier molecular flexibility index (Phi) is 4.79.